The van der Waals surface area contributed by atoms with Crippen LogP contribution < -0.4 is 0 Å². The van der Waals surface area contributed by atoms with E-state index in [1.54, 1.807) is 7.11 Å². The van der Waals surface area contributed by atoms with Gasteiger partial charge in [0.2, 0.25) is 4.47 Å². The van der Waals surface area contributed by atoms with E-state index in [4.69, 9.17) is 16.3 Å². The molecule has 0 saturated carbocycles. The van der Waals surface area contributed by atoms with Crippen LogP contribution in [0.1, 0.15) is 12.7 Å². The zero-order chi connectivity index (χ0) is 8.27. The Bertz CT molecular complexity index is 228. The molecule has 1 rings (SSSR count). The fourth-order valence-electron chi connectivity index (χ4n) is 0.656. The molecule has 0 N–H and O–H groups in total. The first-order valence-electron chi connectivity index (χ1n) is 3.23. The van der Waals surface area contributed by atoms with E-state index < -0.39 is 0 Å². The molecule has 62 valence electrons. The zero-order valence-corrected chi connectivity index (χ0v) is 7.95. The molecular formula is C6H9ClN2OS. The lowest BCUT2D eigenvalue weighted by molar-refractivity contribution is 0.117. The number of rotatable bonds is 3. The molecule has 0 aromatic carbocycles. The molecule has 3 nitrogen and oxygen atoms in total. The fourth-order valence-corrected chi connectivity index (χ4v) is 1.30. The van der Waals surface area contributed by atoms with Crippen molar-refractivity contribution in [3.05, 3.63) is 10.3 Å². The quantitative estimate of drug-likeness (QED) is 0.732. The van der Waals surface area contributed by atoms with Gasteiger partial charge in [-0.25, -0.2) is 4.98 Å². The van der Waals surface area contributed by atoms with Gasteiger partial charge in [0.1, 0.15) is 5.82 Å². The number of nitrogens with zero attached hydrogens (tertiary/aromatic N) is 2. The van der Waals surface area contributed by atoms with E-state index in [0.29, 0.717) is 4.47 Å². The molecule has 0 fully saturated rings. The van der Waals surface area contributed by atoms with Crippen molar-refractivity contribution in [3.8, 4) is 0 Å². The molecule has 0 spiro atoms. The van der Waals surface area contributed by atoms with E-state index >= 15 is 0 Å². The molecule has 0 aliphatic carbocycles. The number of ether oxygens (including phenoxy) is 1. The second-order valence-electron chi connectivity index (χ2n) is 2.21. The molecule has 1 aromatic rings. The minimum atomic E-state index is 0.153. The monoisotopic (exact) mass is 192 g/mol. The van der Waals surface area contributed by atoms with Crippen LogP contribution in [-0.2, 0) is 11.2 Å². The fraction of sp³-hybridized carbons (Fsp3) is 0.667. The van der Waals surface area contributed by atoms with Crippen LogP contribution in [0, 0.1) is 0 Å². The third-order valence-electron chi connectivity index (χ3n) is 1.32. The van der Waals surface area contributed by atoms with E-state index in [2.05, 4.69) is 9.36 Å². The van der Waals surface area contributed by atoms with E-state index in [1.807, 2.05) is 6.92 Å². The van der Waals surface area contributed by atoms with Gasteiger partial charge < -0.3 is 4.74 Å². The number of halogens is 1. The largest absolute Gasteiger partial charge is 0.381 e. The summed E-state index contributed by atoms with van der Waals surface area (Å²) in [4.78, 5) is 3.99. The summed E-state index contributed by atoms with van der Waals surface area (Å²) < 4.78 is 9.56. The summed E-state index contributed by atoms with van der Waals surface area (Å²) in [6.07, 6.45) is 0.875. The Kier molecular flexibility index (Phi) is 3.23. The van der Waals surface area contributed by atoms with Crippen molar-refractivity contribution in [3.63, 3.8) is 0 Å². The molecule has 0 aliphatic heterocycles. The average Bonchev–Trinajstić information content (AvgIpc) is 2.35. The molecule has 0 bridgehead atoms. The highest BCUT2D eigenvalue weighted by Gasteiger charge is 2.06. The van der Waals surface area contributed by atoms with Gasteiger partial charge in [0, 0.05) is 13.5 Å². The zero-order valence-electron chi connectivity index (χ0n) is 6.37. The van der Waals surface area contributed by atoms with Crippen LogP contribution in [0.3, 0.4) is 0 Å². The third kappa shape index (κ3) is 2.73. The van der Waals surface area contributed by atoms with Crippen LogP contribution in [0.5, 0.6) is 0 Å². The molecule has 0 radical (unpaired) electrons. The number of aromatic nitrogens is 2. The lowest BCUT2D eigenvalue weighted by atomic mass is 10.3. The van der Waals surface area contributed by atoms with Crippen molar-refractivity contribution in [2.75, 3.05) is 7.11 Å². The Morgan fingerprint density at radius 3 is 2.91 bits per heavy atom. The SMILES string of the molecule is COC(C)Cc1nsc(Cl)n1. The van der Waals surface area contributed by atoms with Gasteiger partial charge in [-0.2, -0.15) is 4.37 Å². The highest BCUT2D eigenvalue weighted by molar-refractivity contribution is 7.10. The summed E-state index contributed by atoms with van der Waals surface area (Å²) in [5.41, 5.74) is 0. The number of methoxy groups -OCH3 is 1. The Hall–Kier alpha value is -0.190. The molecule has 0 aliphatic rings. The smallest absolute Gasteiger partial charge is 0.203 e. The van der Waals surface area contributed by atoms with Crippen molar-refractivity contribution >= 4 is 23.1 Å². The lowest BCUT2D eigenvalue weighted by Crippen LogP contribution is -2.09. The van der Waals surface area contributed by atoms with Crippen LogP contribution in [0.15, 0.2) is 0 Å². The van der Waals surface area contributed by atoms with Crippen molar-refractivity contribution in [1.29, 1.82) is 0 Å². The van der Waals surface area contributed by atoms with Crippen LogP contribution in [0.4, 0.5) is 0 Å². The first-order chi connectivity index (χ1) is 5.22. The number of hydrogen-bond donors (Lipinski definition) is 0. The highest BCUT2D eigenvalue weighted by atomic mass is 35.5. The van der Waals surface area contributed by atoms with Gasteiger partial charge in [-0.05, 0) is 30.1 Å². The van der Waals surface area contributed by atoms with Gasteiger partial charge in [-0.1, -0.05) is 0 Å². The third-order valence-corrected chi connectivity index (χ3v) is 2.15. The molecule has 1 unspecified atom stereocenters. The molecule has 1 aromatic heterocycles. The van der Waals surface area contributed by atoms with Crippen molar-refractivity contribution < 1.29 is 4.74 Å². The second-order valence-corrected chi connectivity index (χ2v) is 3.55. The molecule has 11 heavy (non-hydrogen) atoms. The molecule has 0 saturated heterocycles. The first kappa shape index (κ1) is 8.90. The van der Waals surface area contributed by atoms with Crippen molar-refractivity contribution in [2.45, 2.75) is 19.4 Å². The maximum absolute atomic E-state index is 5.59. The minimum Gasteiger partial charge on any atom is -0.381 e. The second kappa shape index (κ2) is 3.99. The first-order valence-corrected chi connectivity index (χ1v) is 4.38. The van der Waals surface area contributed by atoms with E-state index in [-0.39, 0.29) is 6.10 Å². The van der Waals surface area contributed by atoms with Gasteiger partial charge >= 0.3 is 0 Å². The van der Waals surface area contributed by atoms with E-state index in [0.717, 1.165) is 12.2 Å². The van der Waals surface area contributed by atoms with E-state index in [1.165, 1.54) is 11.5 Å². The Morgan fingerprint density at radius 2 is 2.45 bits per heavy atom. The van der Waals surface area contributed by atoms with E-state index in [9.17, 15) is 0 Å². The van der Waals surface area contributed by atoms with Crippen molar-refractivity contribution in [2.24, 2.45) is 0 Å². The predicted molar refractivity (Wildman–Crippen MR) is 45.1 cm³/mol. The van der Waals surface area contributed by atoms with Crippen LogP contribution in [0.2, 0.25) is 4.47 Å². The molecular weight excluding hydrogens is 184 g/mol. The lowest BCUT2D eigenvalue weighted by Gasteiger charge is -2.04. The summed E-state index contributed by atoms with van der Waals surface area (Å²) >= 11 is 6.80. The summed E-state index contributed by atoms with van der Waals surface area (Å²) in [6.45, 7) is 1.97. The number of hydrogen-bond acceptors (Lipinski definition) is 4. The summed E-state index contributed by atoms with van der Waals surface area (Å²) in [6, 6.07) is 0. The van der Waals surface area contributed by atoms with Crippen LogP contribution in [0.25, 0.3) is 0 Å². The van der Waals surface area contributed by atoms with Crippen LogP contribution >= 0.6 is 23.1 Å². The average molecular weight is 193 g/mol. The molecule has 1 atom stereocenters. The molecule has 0 amide bonds. The summed E-state index contributed by atoms with van der Waals surface area (Å²) in [5, 5.41) is 0. The van der Waals surface area contributed by atoms with Gasteiger partial charge in [-0.3, -0.25) is 0 Å². The van der Waals surface area contributed by atoms with Gasteiger partial charge in [0.05, 0.1) is 6.10 Å². The van der Waals surface area contributed by atoms with Gasteiger partial charge in [-0.15, -0.1) is 0 Å². The molecule has 1 heterocycles. The predicted octanol–water partition coefficient (Wildman–Crippen LogP) is 1.77. The van der Waals surface area contributed by atoms with Gasteiger partial charge in [0.25, 0.3) is 0 Å². The van der Waals surface area contributed by atoms with Crippen molar-refractivity contribution in [1.82, 2.24) is 9.36 Å². The minimum absolute atomic E-state index is 0.153. The maximum Gasteiger partial charge on any atom is 0.203 e. The molecule has 5 heteroatoms. The standard InChI is InChI=1S/C6H9ClN2OS/c1-4(10-2)3-5-8-6(7)11-9-5/h4H,3H2,1-2H3. The summed E-state index contributed by atoms with van der Waals surface area (Å²) in [5.74, 6) is 0.759. The topological polar surface area (TPSA) is 35.0 Å². The normalized spacial score (nSPS) is 13.4. The summed E-state index contributed by atoms with van der Waals surface area (Å²) in [7, 11) is 1.67. The van der Waals surface area contributed by atoms with Gasteiger partial charge in [0.15, 0.2) is 0 Å². The van der Waals surface area contributed by atoms with Crippen LogP contribution in [-0.4, -0.2) is 22.6 Å². The highest BCUT2D eigenvalue weighted by Crippen LogP contribution is 2.12. The Balaban J connectivity index is 2.50. The Labute approximate surface area is 74.5 Å². The maximum atomic E-state index is 5.59. The Morgan fingerprint density at radius 1 is 1.73 bits per heavy atom.